The van der Waals surface area contributed by atoms with Gasteiger partial charge in [0, 0.05) is 0 Å². The minimum absolute atomic E-state index is 0.254. The summed E-state index contributed by atoms with van der Waals surface area (Å²) in [7, 11) is 0. The summed E-state index contributed by atoms with van der Waals surface area (Å²) in [4.78, 5) is 0. The molecule has 0 unspecified atom stereocenters. The van der Waals surface area contributed by atoms with Gasteiger partial charge in [0.05, 0.1) is 0 Å². The van der Waals surface area contributed by atoms with Crippen LogP contribution in [0.15, 0.2) is 12.1 Å². The lowest BCUT2D eigenvalue weighted by molar-refractivity contribution is -0.0525. The van der Waals surface area contributed by atoms with E-state index >= 15 is 0 Å². The van der Waals surface area contributed by atoms with E-state index in [1.165, 1.54) is 96.0 Å². The molecule has 0 saturated heterocycles. The summed E-state index contributed by atoms with van der Waals surface area (Å²) < 4.78 is 56.8. The lowest BCUT2D eigenvalue weighted by Crippen LogP contribution is -2.26. The first-order chi connectivity index (χ1) is 16.0. The van der Waals surface area contributed by atoms with Gasteiger partial charge in [-0.2, -0.15) is 13.2 Å². The molecule has 2 saturated carbocycles. The molecule has 0 bridgehead atoms. The van der Waals surface area contributed by atoms with E-state index in [1.54, 1.807) is 0 Å². The molecule has 0 radical (unpaired) electrons. The predicted octanol–water partition coefficient (Wildman–Crippen LogP) is 9.47. The summed E-state index contributed by atoms with van der Waals surface area (Å²) >= 11 is 0. The van der Waals surface area contributed by atoms with Crippen molar-refractivity contribution in [1.29, 1.82) is 0 Å². The van der Waals surface area contributed by atoms with E-state index in [0.717, 1.165) is 30.2 Å². The molecule has 188 valence electrons. The van der Waals surface area contributed by atoms with E-state index in [1.807, 2.05) is 0 Å². The molecule has 2 aliphatic rings. The zero-order chi connectivity index (χ0) is 23.6. The molecule has 1 aromatic carbocycles. The Hall–Kier alpha value is -1.26. The molecule has 0 spiro atoms. The van der Waals surface area contributed by atoms with Crippen molar-refractivity contribution in [2.45, 2.75) is 116 Å². The van der Waals surface area contributed by atoms with Crippen molar-refractivity contribution >= 4 is 0 Å². The van der Waals surface area contributed by atoms with Crippen LogP contribution < -0.4 is 4.74 Å². The average Bonchev–Trinajstić information content (AvgIpc) is 2.82. The Bertz CT molecular complexity index is 691. The summed E-state index contributed by atoms with van der Waals surface area (Å²) in [5.41, 5.74) is 0.254. The monoisotopic (exact) mass is 470 g/mol. The Morgan fingerprint density at radius 3 is 1.91 bits per heavy atom. The second-order valence-electron chi connectivity index (χ2n) is 10.5. The molecule has 2 aliphatic carbocycles. The number of halogens is 4. The molecule has 0 atom stereocenters. The highest BCUT2D eigenvalue weighted by atomic mass is 19.3. The van der Waals surface area contributed by atoms with E-state index in [0.29, 0.717) is 12.3 Å². The van der Waals surface area contributed by atoms with Crippen LogP contribution in [0.25, 0.3) is 0 Å². The van der Waals surface area contributed by atoms with Crippen LogP contribution in [0, 0.1) is 35.3 Å². The molecular weight excluding hydrogens is 428 g/mol. The quantitative estimate of drug-likeness (QED) is 0.218. The van der Waals surface area contributed by atoms with E-state index < -0.39 is 24.0 Å². The van der Waals surface area contributed by atoms with E-state index in [2.05, 4.69) is 11.7 Å². The highest BCUT2D eigenvalue weighted by Crippen LogP contribution is 2.43. The number of unbranched alkanes of at least 4 members (excludes halogenated alkanes) is 4. The summed E-state index contributed by atoms with van der Waals surface area (Å²) in [5.74, 6) is 0.130. The summed E-state index contributed by atoms with van der Waals surface area (Å²) in [6.07, 6.45) is 20.1. The number of hydrogen-bond acceptors (Lipinski definition) is 1. The molecule has 5 heteroatoms. The molecule has 2 fully saturated rings. The van der Waals surface area contributed by atoms with Crippen LogP contribution in [0.1, 0.15) is 109 Å². The van der Waals surface area contributed by atoms with Crippen molar-refractivity contribution in [2.24, 2.45) is 23.7 Å². The van der Waals surface area contributed by atoms with Gasteiger partial charge in [-0.25, -0.2) is 4.39 Å². The van der Waals surface area contributed by atoms with Gasteiger partial charge in [0.15, 0.2) is 11.6 Å². The topological polar surface area (TPSA) is 9.23 Å². The van der Waals surface area contributed by atoms with E-state index in [9.17, 15) is 17.6 Å². The second-order valence-corrected chi connectivity index (χ2v) is 10.5. The van der Waals surface area contributed by atoms with Crippen molar-refractivity contribution in [1.82, 2.24) is 0 Å². The Morgan fingerprint density at radius 1 is 0.758 bits per heavy atom. The fourth-order valence-corrected chi connectivity index (χ4v) is 6.24. The maximum atomic E-state index is 14.2. The molecule has 3 rings (SSSR count). The van der Waals surface area contributed by atoms with Gasteiger partial charge < -0.3 is 4.74 Å². The highest BCUT2D eigenvalue weighted by molar-refractivity contribution is 5.31. The minimum Gasteiger partial charge on any atom is -0.432 e. The van der Waals surface area contributed by atoms with Crippen molar-refractivity contribution in [3.63, 3.8) is 0 Å². The number of alkyl halides is 2. The summed E-state index contributed by atoms with van der Waals surface area (Å²) in [6, 6.07) is 2.49. The van der Waals surface area contributed by atoms with E-state index in [-0.39, 0.29) is 5.56 Å². The van der Waals surface area contributed by atoms with Crippen LogP contribution in [0.5, 0.6) is 5.75 Å². The van der Waals surface area contributed by atoms with Gasteiger partial charge >= 0.3 is 6.61 Å². The molecule has 33 heavy (non-hydrogen) atoms. The molecule has 0 aromatic heterocycles. The van der Waals surface area contributed by atoms with Gasteiger partial charge in [0.2, 0.25) is 5.82 Å². The van der Waals surface area contributed by atoms with Crippen molar-refractivity contribution in [2.75, 3.05) is 0 Å². The molecule has 1 aromatic rings. The fourth-order valence-electron chi connectivity index (χ4n) is 6.24. The third kappa shape index (κ3) is 8.17. The smallest absolute Gasteiger partial charge is 0.387 e. The van der Waals surface area contributed by atoms with E-state index in [4.69, 9.17) is 0 Å². The molecule has 1 nitrogen and oxygen atoms in total. The van der Waals surface area contributed by atoms with Crippen molar-refractivity contribution in [3.05, 3.63) is 29.3 Å². The van der Waals surface area contributed by atoms with Gasteiger partial charge in [0.1, 0.15) is 0 Å². The van der Waals surface area contributed by atoms with Gasteiger partial charge in [-0.1, -0.05) is 77.2 Å². The first-order valence-corrected chi connectivity index (χ1v) is 13.4. The zero-order valence-electron chi connectivity index (χ0n) is 20.3. The maximum Gasteiger partial charge on any atom is 0.387 e. The Labute approximate surface area is 197 Å². The molecular formula is C28H42F4O. The van der Waals surface area contributed by atoms with Gasteiger partial charge in [-0.05, 0) is 73.8 Å². The number of rotatable bonds is 12. The minimum atomic E-state index is -3.16. The van der Waals surface area contributed by atoms with Gasteiger partial charge in [0.25, 0.3) is 0 Å². The van der Waals surface area contributed by atoms with Crippen molar-refractivity contribution in [3.8, 4) is 5.75 Å². The number of aryl methyl sites for hydroxylation is 1. The number of hydrogen-bond donors (Lipinski definition) is 0. The number of benzene rings is 1. The van der Waals surface area contributed by atoms with Gasteiger partial charge in [-0.3, -0.25) is 0 Å². The van der Waals surface area contributed by atoms with Crippen LogP contribution in [0.3, 0.4) is 0 Å². The fraction of sp³-hybridized carbons (Fsp3) is 0.786. The van der Waals surface area contributed by atoms with Crippen molar-refractivity contribution < 1.29 is 22.3 Å². The third-order valence-corrected chi connectivity index (χ3v) is 8.33. The normalized spacial score (nSPS) is 26.0. The predicted molar refractivity (Wildman–Crippen MR) is 126 cm³/mol. The summed E-state index contributed by atoms with van der Waals surface area (Å²) in [5, 5.41) is 0. The summed E-state index contributed by atoms with van der Waals surface area (Å²) in [6.45, 7) is -0.893. The molecule has 0 heterocycles. The Kier molecular flexibility index (Phi) is 10.8. The van der Waals surface area contributed by atoms with Crippen LogP contribution >= 0.6 is 0 Å². The van der Waals surface area contributed by atoms with Crippen LogP contribution in [-0.2, 0) is 6.42 Å². The van der Waals surface area contributed by atoms with Gasteiger partial charge in [-0.15, -0.1) is 0 Å². The standard InChI is InChI=1S/C28H42F4O/c1-2-3-4-5-6-7-20-8-13-22(14-9-20)23-15-10-21(11-16-23)12-17-24-18-19-25(33-28(31)32)27(30)26(24)29/h18-23,28H,2-17H2,1H3. The molecule has 0 amide bonds. The lowest BCUT2D eigenvalue weighted by atomic mass is 9.68. The second kappa shape index (κ2) is 13.6. The Balaban J connectivity index is 1.34. The number of ether oxygens (including phenoxy) is 1. The maximum absolute atomic E-state index is 14.2. The largest absolute Gasteiger partial charge is 0.432 e. The average molecular weight is 471 g/mol. The third-order valence-electron chi connectivity index (χ3n) is 8.33. The van der Waals surface area contributed by atoms with Crippen LogP contribution in [0.4, 0.5) is 17.6 Å². The molecule has 0 aliphatic heterocycles. The lowest BCUT2D eigenvalue weighted by Gasteiger charge is -2.38. The van der Waals surface area contributed by atoms with Crippen LogP contribution in [-0.4, -0.2) is 6.61 Å². The van der Waals surface area contributed by atoms with Crippen LogP contribution in [0.2, 0.25) is 0 Å². The first kappa shape index (κ1) is 26.3. The highest BCUT2D eigenvalue weighted by Gasteiger charge is 2.31. The Morgan fingerprint density at radius 2 is 1.33 bits per heavy atom. The zero-order valence-corrected chi connectivity index (χ0v) is 20.3. The SMILES string of the molecule is CCCCCCCC1CCC(C2CCC(CCc3ccc(OC(F)F)c(F)c3F)CC2)CC1. The molecule has 0 N–H and O–H groups in total. The first-order valence-electron chi connectivity index (χ1n) is 13.4.